The second-order valence-corrected chi connectivity index (χ2v) is 6.62. The molecule has 3 nitrogen and oxygen atoms in total. The zero-order valence-electron chi connectivity index (χ0n) is 12.9. The third-order valence-corrected chi connectivity index (χ3v) is 5.25. The number of rotatable bonds is 2. The van der Waals surface area contributed by atoms with E-state index in [4.69, 9.17) is 5.73 Å². The van der Waals surface area contributed by atoms with Crippen LogP contribution in [0.1, 0.15) is 43.7 Å². The predicted octanol–water partition coefficient (Wildman–Crippen LogP) is 2.52. The standard InChI is InChI=1S/C18H26N2O/c1-13-5-4-8-17(12-19)20(13)18(21)16-10-9-14-6-2-3-7-15(14)11-16/h2-3,6-7,13,16-17H,4-5,8-12,19H2,1H3. The summed E-state index contributed by atoms with van der Waals surface area (Å²) in [6.45, 7) is 2.77. The fourth-order valence-electron chi connectivity index (χ4n) is 4.03. The summed E-state index contributed by atoms with van der Waals surface area (Å²) in [4.78, 5) is 15.1. The van der Waals surface area contributed by atoms with Crippen LogP contribution in [0.4, 0.5) is 0 Å². The van der Waals surface area contributed by atoms with E-state index in [9.17, 15) is 4.79 Å². The monoisotopic (exact) mass is 286 g/mol. The lowest BCUT2D eigenvalue weighted by molar-refractivity contribution is -0.142. The Kier molecular flexibility index (Phi) is 4.29. The number of aryl methyl sites for hydroxylation is 1. The Morgan fingerprint density at radius 3 is 2.76 bits per heavy atom. The number of nitrogens with two attached hydrogens (primary N) is 1. The number of fused-ring (bicyclic) bond motifs is 1. The molecule has 3 heteroatoms. The molecular formula is C18H26N2O. The molecule has 0 aromatic heterocycles. The molecule has 1 heterocycles. The minimum Gasteiger partial charge on any atom is -0.335 e. The quantitative estimate of drug-likeness (QED) is 0.908. The van der Waals surface area contributed by atoms with Gasteiger partial charge < -0.3 is 10.6 Å². The lowest BCUT2D eigenvalue weighted by Gasteiger charge is -2.42. The van der Waals surface area contributed by atoms with Crippen LogP contribution in [0.2, 0.25) is 0 Å². The van der Waals surface area contributed by atoms with Crippen molar-refractivity contribution in [3.63, 3.8) is 0 Å². The van der Waals surface area contributed by atoms with Crippen LogP contribution in [-0.2, 0) is 17.6 Å². The van der Waals surface area contributed by atoms with Gasteiger partial charge in [-0.25, -0.2) is 0 Å². The fourth-order valence-corrected chi connectivity index (χ4v) is 4.03. The molecule has 3 rings (SSSR count). The van der Waals surface area contributed by atoms with Gasteiger partial charge in [0.2, 0.25) is 5.91 Å². The summed E-state index contributed by atoms with van der Waals surface area (Å²) in [7, 11) is 0. The summed E-state index contributed by atoms with van der Waals surface area (Å²) in [5.41, 5.74) is 8.68. The molecule has 1 amide bonds. The minimum atomic E-state index is 0.148. The maximum atomic E-state index is 13.0. The number of nitrogens with zero attached hydrogens (tertiary/aromatic N) is 1. The molecule has 2 aliphatic rings. The molecule has 0 bridgehead atoms. The molecule has 1 saturated heterocycles. The van der Waals surface area contributed by atoms with Gasteiger partial charge in [0.15, 0.2) is 0 Å². The molecule has 3 atom stereocenters. The number of hydrogen-bond donors (Lipinski definition) is 1. The van der Waals surface area contributed by atoms with E-state index in [0.29, 0.717) is 18.5 Å². The van der Waals surface area contributed by atoms with Crippen molar-refractivity contribution in [2.45, 2.75) is 57.5 Å². The van der Waals surface area contributed by atoms with Gasteiger partial charge in [-0.05, 0) is 56.6 Å². The highest BCUT2D eigenvalue weighted by Crippen LogP contribution is 2.30. The Morgan fingerprint density at radius 2 is 2.00 bits per heavy atom. The molecule has 1 aliphatic carbocycles. The van der Waals surface area contributed by atoms with Crippen molar-refractivity contribution in [1.82, 2.24) is 4.90 Å². The largest absolute Gasteiger partial charge is 0.335 e. The highest BCUT2D eigenvalue weighted by atomic mass is 16.2. The maximum absolute atomic E-state index is 13.0. The van der Waals surface area contributed by atoms with Gasteiger partial charge in [-0.1, -0.05) is 24.3 Å². The van der Waals surface area contributed by atoms with Gasteiger partial charge in [-0.2, -0.15) is 0 Å². The van der Waals surface area contributed by atoms with Crippen LogP contribution in [0.15, 0.2) is 24.3 Å². The molecule has 3 unspecified atom stereocenters. The van der Waals surface area contributed by atoms with E-state index in [2.05, 4.69) is 36.1 Å². The third-order valence-electron chi connectivity index (χ3n) is 5.25. The first kappa shape index (κ1) is 14.6. The van der Waals surface area contributed by atoms with E-state index in [-0.39, 0.29) is 12.0 Å². The molecule has 0 spiro atoms. The van der Waals surface area contributed by atoms with Crippen LogP contribution in [0, 0.1) is 5.92 Å². The summed E-state index contributed by atoms with van der Waals surface area (Å²) in [5.74, 6) is 0.488. The Morgan fingerprint density at radius 1 is 1.24 bits per heavy atom. The van der Waals surface area contributed by atoms with E-state index < -0.39 is 0 Å². The Bertz CT molecular complexity index is 514. The second kappa shape index (κ2) is 6.18. The molecule has 21 heavy (non-hydrogen) atoms. The van der Waals surface area contributed by atoms with Crippen LogP contribution in [0.3, 0.4) is 0 Å². The number of likely N-dealkylation sites (tertiary alicyclic amines) is 1. The number of piperidine rings is 1. The van der Waals surface area contributed by atoms with E-state index in [0.717, 1.165) is 32.1 Å². The Labute approximate surface area is 127 Å². The predicted molar refractivity (Wildman–Crippen MR) is 85.0 cm³/mol. The topological polar surface area (TPSA) is 46.3 Å². The lowest BCUT2D eigenvalue weighted by atomic mass is 9.82. The number of benzene rings is 1. The zero-order valence-corrected chi connectivity index (χ0v) is 12.9. The van der Waals surface area contributed by atoms with Gasteiger partial charge >= 0.3 is 0 Å². The van der Waals surface area contributed by atoms with Gasteiger partial charge in [0.05, 0.1) is 0 Å². The van der Waals surface area contributed by atoms with Gasteiger partial charge in [-0.15, -0.1) is 0 Å². The van der Waals surface area contributed by atoms with Crippen molar-refractivity contribution in [2.75, 3.05) is 6.54 Å². The van der Waals surface area contributed by atoms with Crippen molar-refractivity contribution in [3.8, 4) is 0 Å². The highest BCUT2D eigenvalue weighted by molar-refractivity contribution is 5.80. The summed E-state index contributed by atoms with van der Waals surface area (Å²) in [6, 6.07) is 9.14. The first-order valence-corrected chi connectivity index (χ1v) is 8.29. The fraction of sp³-hybridized carbons (Fsp3) is 0.611. The molecule has 1 fully saturated rings. The smallest absolute Gasteiger partial charge is 0.226 e. The highest BCUT2D eigenvalue weighted by Gasteiger charge is 2.35. The second-order valence-electron chi connectivity index (χ2n) is 6.62. The summed E-state index contributed by atoms with van der Waals surface area (Å²) >= 11 is 0. The summed E-state index contributed by atoms with van der Waals surface area (Å²) in [5, 5.41) is 0. The van der Waals surface area contributed by atoms with E-state index in [1.807, 2.05) is 0 Å². The van der Waals surface area contributed by atoms with Crippen LogP contribution >= 0.6 is 0 Å². The van der Waals surface area contributed by atoms with Crippen LogP contribution in [0.5, 0.6) is 0 Å². The Balaban J connectivity index is 1.76. The van der Waals surface area contributed by atoms with E-state index in [1.54, 1.807) is 0 Å². The first-order chi connectivity index (χ1) is 10.2. The Hall–Kier alpha value is -1.35. The molecule has 1 aliphatic heterocycles. The van der Waals surface area contributed by atoms with Crippen molar-refractivity contribution >= 4 is 5.91 Å². The van der Waals surface area contributed by atoms with Crippen LogP contribution < -0.4 is 5.73 Å². The maximum Gasteiger partial charge on any atom is 0.226 e. The number of carbonyl (C=O) groups excluding carboxylic acids is 1. The SMILES string of the molecule is CC1CCCC(CN)N1C(=O)C1CCc2ccccc2C1. The molecule has 0 radical (unpaired) electrons. The van der Waals surface area contributed by atoms with Crippen molar-refractivity contribution in [3.05, 3.63) is 35.4 Å². The molecule has 114 valence electrons. The van der Waals surface area contributed by atoms with E-state index in [1.165, 1.54) is 17.5 Å². The molecule has 2 N–H and O–H groups in total. The van der Waals surface area contributed by atoms with Crippen LogP contribution in [0.25, 0.3) is 0 Å². The molecule has 1 aromatic rings. The first-order valence-electron chi connectivity index (χ1n) is 8.29. The molecule has 1 aromatic carbocycles. The average Bonchev–Trinajstić information content (AvgIpc) is 2.53. The molecule has 0 saturated carbocycles. The zero-order chi connectivity index (χ0) is 14.8. The normalized spacial score (nSPS) is 29.0. The summed E-state index contributed by atoms with van der Waals surface area (Å²) < 4.78 is 0. The van der Waals surface area contributed by atoms with Gasteiger partial charge in [0, 0.05) is 24.5 Å². The minimum absolute atomic E-state index is 0.148. The van der Waals surface area contributed by atoms with Gasteiger partial charge in [0.25, 0.3) is 0 Å². The lowest BCUT2D eigenvalue weighted by Crippen LogP contribution is -2.54. The number of amides is 1. The van der Waals surface area contributed by atoms with Crippen LogP contribution in [-0.4, -0.2) is 29.4 Å². The average molecular weight is 286 g/mol. The van der Waals surface area contributed by atoms with Crippen molar-refractivity contribution in [2.24, 2.45) is 11.7 Å². The van der Waals surface area contributed by atoms with Gasteiger partial charge in [-0.3, -0.25) is 4.79 Å². The summed E-state index contributed by atoms with van der Waals surface area (Å²) in [6.07, 6.45) is 6.29. The molecular weight excluding hydrogens is 260 g/mol. The third kappa shape index (κ3) is 2.84. The van der Waals surface area contributed by atoms with E-state index >= 15 is 0 Å². The van der Waals surface area contributed by atoms with Crippen molar-refractivity contribution in [1.29, 1.82) is 0 Å². The van der Waals surface area contributed by atoms with Crippen molar-refractivity contribution < 1.29 is 4.79 Å². The number of carbonyl (C=O) groups is 1. The number of hydrogen-bond acceptors (Lipinski definition) is 2. The van der Waals surface area contributed by atoms with Gasteiger partial charge in [0.1, 0.15) is 0 Å².